The van der Waals surface area contributed by atoms with Crippen LogP contribution < -0.4 is 32.3 Å². The number of aliphatic carboxylic acids is 1. The number of phenols is 1. The minimum absolute atomic E-state index is 0.147. The molecule has 40 heavy (non-hydrogen) atoms. The summed E-state index contributed by atoms with van der Waals surface area (Å²) < 4.78 is 0. The first-order chi connectivity index (χ1) is 19.1. The van der Waals surface area contributed by atoms with Crippen LogP contribution in [0.3, 0.4) is 0 Å². The number of aromatic nitrogens is 1. The molecule has 0 saturated heterocycles. The number of anilines is 2. The summed E-state index contributed by atoms with van der Waals surface area (Å²) in [6.45, 7) is -0.220. The molecule has 0 aliphatic carbocycles. The number of fused-ring (bicyclic) bond motifs is 1. The van der Waals surface area contributed by atoms with E-state index in [1.54, 1.807) is 24.3 Å². The van der Waals surface area contributed by atoms with Crippen molar-refractivity contribution in [2.75, 3.05) is 37.2 Å². The quantitative estimate of drug-likeness (QED) is 0.122. The Morgan fingerprint density at radius 3 is 2.62 bits per heavy atom. The van der Waals surface area contributed by atoms with Crippen LogP contribution in [0.15, 0.2) is 47.5 Å². The normalized spacial score (nSPS) is 17.4. The number of aliphatic imine (C=N–C) groups is 1. The number of H-pyrrole nitrogens is 1. The van der Waals surface area contributed by atoms with Crippen LogP contribution in [-0.2, 0) is 9.59 Å². The van der Waals surface area contributed by atoms with Gasteiger partial charge in [-0.25, -0.2) is 0 Å². The van der Waals surface area contributed by atoms with Gasteiger partial charge in [0, 0.05) is 41.3 Å². The molecule has 1 aliphatic heterocycles. The number of carbonyl (C=O) groups excluding carboxylic acids is 1. The minimum atomic E-state index is -1.45. The molecule has 1 amide bonds. The molecule has 4 unspecified atom stereocenters. The summed E-state index contributed by atoms with van der Waals surface area (Å²) >= 11 is 0. The van der Waals surface area contributed by atoms with E-state index in [-0.39, 0.29) is 42.3 Å². The molecule has 15 heteroatoms. The fourth-order valence-electron chi connectivity index (χ4n) is 4.09. The Bertz CT molecular complexity index is 1390. The summed E-state index contributed by atoms with van der Waals surface area (Å²) in [4.78, 5) is 31.2. The number of guanidine groups is 1. The Morgan fingerprint density at radius 2 is 1.93 bits per heavy atom. The first-order valence-corrected chi connectivity index (χ1v) is 12.4. The predicted octanol–water partition coefficient (Wildman–Crippen LogP) is -1.38. The molecule has 0 fully saturated rings. The van der Waals surface area contributed by atoms with Gasteiger partial charge in [0.1, 0.15) is 24.2 Å². The number of aliphatic hydroxyl groups is 3. The maximum atomic E-state index is 12.4. The smallest absolute Gasteiger partial charge is 0.322 e. The van der Waals surface area contributed by atoms with E-state index >= 15 is 0 Å². The number of nitrogen functional groups attached to an aromatic ring is 1. The van der Waals surface area contributed by atoms with Gasteiger partial charge in [0.25, 0.3) is 0 Å². The number of carboxylic acid groups (broad SMARTS) is 1. The van der Waals surface area contributed by atoms with Crippen molar-refractivity contribution in [2.24, 2.45) is 4.99 Å². The van der Waals surface area contributed by atoms with E-state index in [0.29, 0.717) is 29.1 Å². The largest absolute Gasteiger partial charge is 0.508 e. The Labute approximate surface area is 228 Å². The number of aromatic amines is 1. The second kappa shape index (κ2) is 12.6. The Kier molecular flexibility index (Phi) is 9.03. The molecule has 13 N–H and O–H groups in total. The first-order valence-electron chi connectivity index (χ1n) is 12.4. The molecule has 0 radical (unpaired) electrons. The van der Waals surface area contributed by atoms with Crippen molar-refractivity contribution in [2.45, 2.75) is 24.6 Å². The molecule has 2 heterocycles. The lowest BCUT2D eigenvalue weighted by Gasteiger charge is -2.21. The number of nitrogens with two attached hydrogens (primary N) is 1. The van der Waals surface area contributed by atoms with Crippen LogP contribution in [0, 0.1) is 0 Å². The molecule has 214 valence electrons. The zero-order valence-corrected chi connectivity index (χ0v) is 21.3. The Balaban J connectivity index is 1.29. The lowest BCUT2D eigenvalue weighted by atomic mass is 10.1. The third kappa shape index (κ3) is 7.16. The number of hydrogen-bond acceptors (Lipinski definition) is 12. The second-order valence-electron chi connectivity index (χ2n) is 9.21. The van der Waals surface area contributed by atoms with Gasteiger partial charge in [0.2, 0.25) is 5.91 Å². The first kappa shape index (κ1) is 28.6. The lowest BCUT2D eigenvalue weighted by molar-refractivity contribution is -0.140. The second-order valence-corrected chi connectivity index (χ2v) is 9.21. The third-order valence-electron chi connectivity index (χ3n) is 6.15. The number of carbonyl (C=O) groups is 2. The van der Waals surface area contributed by atoms with Gasteiger partial charge in [0.15, 0.2) is 5.96 Å². The molecular weight excluding hydrogens is 524 g/mol. The summed E-state index contributed by atoms with van der Waals surface area (Å²) in [5.41, 5.74) is 7.89. The Hall–Kier alpha value is -4.41. The van der Waals surface area contributed by atoms with Gasteiger partial charge < -0.3 is 52.2 Å². The highest BCUT2D eigenvalue weighted by Crippen LogP contribution is 2.28. The molecule has 4 rings (SSSR count). The van der Waals surface area contributed by atoms with E-state index in [9.17, 15) is 35.1 Å². The van der Waals surface area contributed by atoms with Crippen molar-refractivity contribution in [1.29, 1.82) is 0 Å². The van der Waals surface area contributed by atoms with Crippen molar-refractivity contribution >= 4 is 40.1 Å². The molecule has 15 nitrogen and oxygen atoms in total. The summed E-state index contributed by atoms with van der Waals surface area (Å²) in [6, 6.07) is 9.99. The molecule has 1 aromatic heterocycles. The predicted molar refractivity (Wildman–Crippen MR) is 146 cm³/mol. The number of nitrogens with one attached hydrogen (secondary N) is 6. The summed E-state index contributed by atoms with van der Waals surface area (Å²) in [7, 11) is 0. The average Bonchev–Trinajstić information content (AvgIpc) is 3.27. The number of rotatable bonds is 11. The number of carboxylic acids is 1. The van der Waals surface area contributed by atoms with Gasteiger partial charge in [0.05, 0.1) is 30.6 Å². The van der Waals surface area contributed by atoms with E-state index < -0.39 is 36.5 Å². The number of amides is 1. The van der Waals surface area contributed by atoms with Crippen LogP contribution >= 0.6 is 0 Å². The van der Waals surface area contributed by atoms with E-state index in [0.717, 1.165) is 0 Å². The van der Waals surface area contributed by atoms with Crippen LogP contribution in [0.25, 0.3) is 10.9 Å². The molecule has 2 aromatic carbocycles. The molecule has 0 bridgehead atoms. The number of phenolic OH excluding ortho intramolecular Hbond substituents is 1. The molecule has 1 aliphatic rings. The van der Waals surface area contributed by atoms with Crippen molar-refractivity contribution in [3.05, 3.63) is 53.7 Å². The summed E-state index contributed by atoms with van der Waals surface area (Å²) in [6.07, 6.45) is -3.38. The lowest BCUT2D eigenvalue weighted by Crippen LogP contribution is -2.49. The standard InChI is InChI=1S/C25H32N8O7/c26-20-16-3-1-2-4-17(16)32-21(20)23(38)33-18(24(39)40)10-27-19(36)11-28-22(37)12-5-13(7-14(34)6-12)31-25-29-8-15(35)9-30-25/h1-7,15,18,22-23,28,32-35,37-38H,8-11,26H2,(H,27,36)(H,39,40)(H2,29,30,31). The van der Waals surface area contributed by atoms with Crippen LogP contribution in [0.1, 0.15) is 23.7 Å². The average molecular weight is 557 g/mol. The molecular formula is C25H32N8O7. The molecule has 0 saturated carbocycles. The van der Waals surface area contributed by atoms with Crippen molar-refractivity contribution in [3.8, 4) is 5.75 Å². The van der Waals surface area contributed by atoms with Gasteiger partial charge >= 0.3 is 5.97 Å². The summed E-state index contributed by atoms with van der Waals surface area (Å²) in [5, 5.41) is 64.2. The zero-order valence-electron chi connectivity index (χ0n) is 21.3. The van der Waals surface area contributed by atoms with Crippen LogP contribution in [0.4, 0.5) is 11.4 Å². The van der Waals surface area contributed by atoms with E-state index in [1.165, 1.54) is 18.2 Å². The third-order valence-corrected chi connectivity index (χ3v) is 6.15. The van der Waals surface area contributed by atoms with Crippen molar-refractivity contribution in [1.82, 2.24) is 26.3 Å². The highest BCUT2D eigenvalue weighted by Gasteiger charge is 2.25. The minimum Gasteiger partial charge on any atom is -0.508 e. The maximum Gasteiger partial charge on any atom is 0.322 e. The van der Waals surface area contributed by atoms with E-state index in [2.05, 4.69) is 36.6 Å². The summed E-state index contributed by atoms with van der Waals surface area (Å²) in [5.74, 6) is -1.69. The van der Waals surface area contributed by atoms with Crippen molar-refractivity contribution in [3.63, 3.8) is 0 Å². The van der Waals surface area contributed by atoms with Gasteiger partial charge in [-0.15, -0.1) is 0 Å². The van der Waals surface area contributed by atoms with Crippen LogP contribution in [0.5, 0.6) is 5.75 Å². The fraction of sp³-hybridized carbons (Fsp3) is 0.320. The number of para-hydroxylation sites is 1. The number of hydrogen-bond donors (Lipinski definition) is 12. The van der Waals surface area contributed by atoms with Crippen LogP contribution in [0.2, 0.25) is 0 Å². The van der Waals surface area contributed by atoms with E-state index in [4.69, 9.17) is 5.73 Å². The van der Waals surface area contributed by atoms with Gasteiger partial charge in [-0.05, 0) is 18.2 Å². The highest BCUT2D eigenvalue weighted by molar-refractivity contribution is 5.94. The topological polar surface area (TPSA) is 250 Å². The maximum absolute atomic E-state index is 12.4. The van der Waals surface area contributed by atoms with Gasteiger partial charge in [-0.3, -0.25) is 25.2 Å². The molecule has 0 spiro atoms. The monoisotopic (exact) mass is 556 g/mol. The molecule has 3 aromatic rings. The molecule has 4 atom stereocenters. The van der Waals surface area contributed by atoms with Gasteiger partial charge in [-0.1, -0.05) is 18.2 Å². The number of nitrogens with zero attached hydrogens (tertiary/aromatic N) is 1. The number of aliphatic hydroxyl groups excluding tert-OH is 3. The fourth-order valence-corrected chi connectivity index (χ4v) is 4.09. The number of benzene rings is 2. The highest BCUT2D eigenvalue weighted by atomic mass is 16.4. The van der Waals surface area contributed by atoms with E-state index in [1.807, 2.05) is 0 Å². The number of aromatic hydroxyl groups is 1. The zero-order chi connectivity index (χ0) is 28.8. The Morgan fingerprint density at radius 1 is 1.15 bits per heavy atom. The van der Waals surface area contributed by atoms with Crippen molar-refractivity contribution < 1.29 is 35.1 Å². The number of β-amino-alcohol motifs (C(OH)–C–C–N with tert-alkyl or cyclic N) is 1. The SMILES string of the molecule is Nc1c(C(O)NC(CNC(=O)CNC(O)c2cc(O)cc(NC3=NCC(O)CN3)c2)C(=O)O)[nH]c2ccccc12. The van der Waals surface area contributed by atoms with Crippen LogP contribution in [-0.4, -0.2) is 86.7 Å². The van der Waals surface area contributed by atoms with Gasteiger partial charge in [-0.2, -0.15) is 0 Å².